The van der Waals surface area contributed by atoms with Gasteiger partial charge >= 0.3 is 0 Å². The molecule has 0 fully saturated rings. The SMILES string of the molecule is CCNc1ccc(-c2ccnc3c(-c4ccsc4)cnn23)cc1. The lowest BCUT2D eigenvalue weighted by Crippen LogP contribution is -1.97. The molecule has 114 valence electrons. The molecule has 4 nitrogen and oxygen atoms in total. The number of thiophene rings is 1. The number of anilines is 1. The van der Waals surface area contributed by atoms with Crippen molar-refractivity contribution in [1.82, 2.24) is 14.6 Å². The second-order valence-electron chi connectivity index (χ2n) is 5.24. The lowest BCUT2D eigenvalue weighted by Gasteiger charge is -2.07. The molecule has 0 saturated heterocycles. The van der Waals surface area contributed by atoms with Crippen molar-refractivity contribution >= 4 is 22.7 Å². The molecule has 0 atom stereocenters. The van der Waals surface area contributed by atoms with E-state index in [0.717, 1.165) is 40.3 Å². The monoisotopic (exact) mass is 320 g/mol. The minimum atomic E-state index is 0.886. The standard InChI is InChI=1S/C18H16N4S/c1-2-19-15-5-3-13(4-6-15)17-7-9-20-18-16(11-21-22(17)18)14-8-10-23-12-14/h3-12,19H,2H2,1H3. The van der Waals surface area contributed by atoms with Crippen LogP contribution in [-0.4, -0.2) is 21.1 Å². The third-order valence-electron chi connectivity index (χ3n) is 3.79. The van der Waals surface area contributed by atoms with Crippen LogP contribution in [0.2, 0.25) is 0 Å². The maximum atomic E-state index is 4.55. The summed E-state index contributed by atoms with van der Waals surface area (Å²) in [6, 6.07) is 12.5. The summed E-state index contributed by atoms with van der Waals surface area (Å²) >= 11 is 1.68. The summed E-state index contributed by atoms with van der Waals surface area (Å²) in [6.45, 7) is 3.01. The second-order valence-corrected chi connectivity index (χ2v) is 6.02. The van der Waals surface area contributed by atoms with Crippen LogP contribution in [0.25, 0.3) is 28.0 Å². The van der Waals surface area contributed by atoms with E-state index in [4.69, 9.17) is 0 Å². The van der Waals surface area contributed by atoms with E-state index in [-0.39, 0.29) is 0 Å². The fourth-order valence-corrected chi connectivity index (χ4v) is 3.35. The third kappa shape index (κ3) is 2.49. The molecular weight excluding hydrogens is 304 g/mol. The van der Waals surface area contributed by atoms with Gasteiger partial charge in [0.15, 0.2) is 5.65 Å². The summed E-state index contributed by atoms with van der Waals surface area (Å²) < 4.78 is 1.91. The Bertz CT molecular complexity index is 923. The summed E-state index contributed by atoms with van der Waals surface area (Å²) in [4.78, 5) is 4.52. The van der Waals surface area contributed by atoms with E-state index in [1.165, 1.54) is 0 Å². The summed E-state index contributed by atoms with van der Waals surface area (Å²) in [5, 5.41) is 12.1. The molecule has 1 aromatic carbocycles. The zero-order valence-electron chi connectivity index (χ0n) is 12.7. The summed E-state index contributed by atoms with van der Waals surface area (Å²) in [5.41, 5.74) is 6.41. The first-order valence-electron chi connectivity index (χ1n) is 7.56. The van der Waals surface area contributed by atoms with E-state index >= 15 is 0 Å². The number of benzene rings is 1. The van der Waals surface area contributed by atoms with Gasteiger partial charge in [0.25, 0.3) is 0 Å². The van der Waals surface area contributed by atoms with Gasteiger partial charge < -0.3 is 5.32 Å². The van der Waals surface area contributed by atoms with E-state index < -0.39 is 0 Å². The number of hydrogen-bond donors (Lipinski definition) is 1. The summed E-state index contributed by atoms with van der Waals surface area (Å²) in [7, 11) is 0. The van der Waals surface area contributed by atoms with Crippen molar-refractivity contribution in [1.29, 1.82) is 0 Å². The fourth-order valence-electron chi connectivity index (χ4n) is 2.69. The minimum Gasteiger partial charge on any atom is -0.385 e. The number of hydrogen-bond acceptors (Lipinski definition) is 4. The molecule has 0 bridgehead atoms. The normalized spacial score (nSPS) is 11.0. The molecule has 0 unspecified atom stereocenters. The Labute approximate surface area is 138 Å². The maximum absolute atomic E-state index is 4.55. The van der Waals surface area contributed by atoms with E-state index in [2.05, 4.69) is 63.4 Å². The molecule has 0 amide bonds. The van der Waals surface area contributed by atoms with Crippen LogP contribution >= 0.6 is 11.3 Å². The third-order valence-corrected chi connectivity index (χ3v) is 4.48. The van der Waals surface area contributed by atoms with Crippen LogP contribution in [0, 0.1) is 0 Å². The Morgan fingerprint density at radius 3 is 2.70 bits per heavy atom. The van der Waals surface area contributed by atoms with Gasteiger partial charge in [0.1, 0.15) is 0 Å². The Hall–Kier alpha value is -2.66. The highest BCUT2D eigenvalue weighted by molar-refractivity contribution is 7.08. The highest BCUT2D eigenvalue weighted by Crippen LogP contribution is 2.28. The van der Waals surface area contributed by atoms with Crippen LogP contribution in [0.1, 0.15) is 6.92 Å². The largest absolute Gasteiger partial charge is 0.385 e. The van der Waals surface area contributed by atoms with Gasteiger partial charge in [-0.15, -0.1) is 0 Å². The van der Waals surface area contributed by atoms with Crippen molar-refractivity contribution in [3.8, 4) is 22.4 Å². The predicted molar refractivity (Wildman–Crippen MR) is 95.9 cm³/mol. The quantitative estimate of drug-likeness (QED) is 0.599. The number of nitrogens with zero attached hydrogens (tertiary/aromatic N) is 3. The highest BCUT2D eigenvalue weighted by atomic mass is 32.1. The van der Waals surface area contributed by atoms with Gasteiger partial charge in [-0.25, -0.2) is 9.50 Å². The van der Waals surface area contributed by atoms with E-state index in [1.807, 2.05) is 23.0 Å². The molecule has 3 heterocycles. The topological polar surface area (TPSA) is 42.2 Å². The average Bonchev–Trinajstić information content (AvgIpc) is 3.24. The first-order valence-corrected chi connectivity index (χ1v) is 8.50. The van der Waals surface area contributed by atoms with Crippen LogP contribution in [0.4, 0.5) is 5.69 Å². The van der Waals surface area contributed by atoms with Gasteiger partial charge in [-0.3, -0.25) is 0 Å². The predicted octanol–water partition coefficient (Wildman–Crippen LogP) is 4.56. The lowest BCUT2D eigenvalue weighted by atomic mass is 10.1. The number of fused-ring (bicyclic) bond motifs is 1. The molecule has 0 spiro atoms. The van der Waals surface area contributed by atoms with Gasteiger partial charge in [0, 0.05) is 29.6 Å². The van der Waals surface area contributed by atoms with Crippen molar-refractivity contribution in [3.05, 3.63) is 59.6 Å². The molecule has 0 aliphatic rings. The Morgan fingerprint density at radius 2 is 1.96 bits per heavy atom. The highest BCUT2D eigenvalue weighted by Gasteiger charge is 2.11. The molecular formula is C18H16N4S. The molecule has 5 heteroatoms. The van der Waals surface area contributed by atoms with E-state index in [0.29, 0.717) is 0 Å². The molecule has 0 saturated carbocycles. The maximum Gasteiger partial charge on any atom is 0.163 e. The average molecular weight is 320 g/mol. The van der Waals surface area contributed by atoms with Gasteiger partial charge in [-0.1, -0.05) is 12.1 Å². The summed E-state index contributed by atoms with van der Waals surface area (Å²) in [6.07, 6.45) is 3.74. The van der Waals surface area contributed by atoms with E-state index in [9.17, 15) is 0 Å². The zero-order valence-corrected chi connectivity index (χ0v) is 13.5. The van der Waals surface area contributed by atoms with Crippen LogP contribution in [-0.2, 0) is 0 Å². The van der Waals surface area contributed by atoms with Gasteiger partial charge in [-0.2, -0.15) is 16.4 Å². The smallest absolute Gasteiger partial charge is 0.163 e. The van der Waals surface area contributed by atoms with Crippen LogP contribution in [0.3, 0.4) is 0 Å². The summed E-state index contributed by atoms with van der Waals surface area (Å²) in [5.74, 6) is 0. The molecule has 0 aliphatic carbocycles. The van der Waals surface area contributed by atoms with Crippen molar-refractivity contribution < 1.29 is 0 Å². The van der Waals surface area contributed by atoms with Crippen molar-refractivity contribution in [2.75, 3.05) is 11.9 Å². The molecule has 4 aromatic rings. The molecule has 23 heavy (non-hydrogen) atoms. The van der Waals surface area contributed by atoms with Crippen molar-refractivity contribution in [3.63, 3.8) is 0 Å². The van der Waals surface area contributed by atoms with Crippen molar-refractivity contribution in [2.24, 2.45) is 0 Å². The van der Waals surface area contributed by atoms with Crippen molar-refractivity contribution in [2.45, 2.75) is 6.92 Å². The molecule has 3 aromatic heterocycles. The second kappa shape index (κ2) is 5.85. The lowest BCUT2D eigenvalue weighted by molar-refractivity contribution is 0.948. The minimum absolute atomic E-state index is 0.886. The Kier molecular flexibility index (Phi) is 3.55. The Morgan fingerprint density at radius 1 is 1.09 bits per heavy atom. The van der Waals surface area contributed by atoms with Crippen LogP contribution in [0.15, 0.2) is 59.6 Å². The van der Waals surface area contributed by atoms with Crippen LogP contribution in [0.5, 0.6) is 0 Å². The van der Waals surface area contributed by atoms with Gasteiger partial charge in [-0.05, 0) is 47.5 Å². The molecule has 1 N–H and O–H groups in total. The molecule has 0 radical (unpaired) electrons. The molecule has 4 rings (SSSR count). The fraction of sp³-hybridized carbons (Fsp3) is 0.111. The van der Waals surface area contributed by atoms with Crippen LogP contribution < -0.4 is 5.32 Å². The number of aromatic nitrogens is 3. The number of nitrogens with one attached hydrogen (secondary N) is 1. The number of rotatable bonds is 4. The molecule has 0 aliphatic heterocycles. The first-order chi connectivity index (χ1) is 11.4. The first kappa shape index (κ1) is 14.0. The van der Waals surface area contributed by atoms with Gasteiger partial charge in [0.2, 0.25) is 0 Å². The Balaban J connectivity index is 1.82. The van der Waals surface area contributed by atoms with E-state index in [1.54, 1.807) is 11.3 Å². The zero-order chi connectivity index (χ0) is 15.6. The van der Waals surface area contributed by atoms with Gasteiger partial charge in [0.05, 0.1) is 11.9 Å².